The fraction of sp³-hybridized carbons (Fsp3) is 0.357. The van der Waals surface area contributed by atoms with Gasteiger partial charge in [0.2, 0.25) is 0 Å². The number of phenols is 1. The van der Waals surface area contributed by atoms with Crippen molar-refractivity contribution >= 4 is 6.21 Å². The lowest BCUT2D eigenvalue weighted by Crippen LogP contribution is -2.15. The van der Waals surface area contributed by atoms with Crippen LogP contribution in [0.15, 0.2) is 34.2 Å². The van der Waals surface area contributed by atoms with E-state index in [2.05, 4.69) is 29.1 Å². The highest BCUT2D eigenvalue weighted by Gasteiger charge is 2.08. The molecule has 0 aliphatic carbocycles. The zero-order chi connectivity index (χ0) is 14.5. The van der Waals surface area contributed by atoms with Gasteiger partial charge in [-0.2, -0.15) is 14.9 Å². The van der Waals surface area contributed by atoms with E-state index in [1.807, 2.05) is 0 Å². The lowest BCUT2D eigenvalue weighted by Gasteiger charge is -2.03. The van der Waals surface area contributed by atoms with Crippen LogP contribution in [-0.2, 0) is 6.42 Å². The Kier molecular flexibility index (Phi) is 4.34. The Labute approximate surface area is 116 Å². The second-order valence-corrected chi connectivity index (χ2v) is 4.99. The highest BCUT2D eigenvalue weighted by molar-refractivity contribution is 5.83. The van der Waals surface area contributed by atoms with Gasteiger partial charge in [-0.05, 0) is 24.5 Å². The predicted octanol–water partition coefficient (Wildman–Crippen LogP) is 1.75. The number of aromatic hydroxyl groups is 1. The van der Waals surface area contributed by atoms with E-state index in [-0.39, 0.29) is 11.4 Å². The molecule has 0 saturated carbocycles. The predicted molar refractivity (Wildman–Crippen MR) is 77.1 cm³/mol. The lowest BCUT2D eigenvalue weighted by atomic mass is 10.1. The maximum Gasteiger partial charge on any atom is 0.364 e. The molecule has 0 bridgehead atoms. The van der Waals surface area contributed by atoms with E-state index in [1.54, 1.807) is 24.3 Å². The number of hydrogen-bond acceptors (Lipinski definition) is 4. The first-order valence-corrected chi connectivity index (χ1v) is 6.56. The second-order valence-electron chi connectivity index (χ2n) is 4.99. The molecule has 6 nitrogen and oxygen atoms in total. The Morgan fingerprint density at radius 2 is 2.20 bits per heavy atom. The fourth-order valence-electron chi connectivity index (χ4n) is 1.74. The highest BCUT2D eigenvalue weighted by Crippen LogP contribution is 2.13. The normalized spacial score (nSPS) is 11.6. The number of H-pyrrole nitrogens is 1. The zero-order valence-electron chi connectivity index (χ0n) is 11.6. The molecule has 0 amide bonds. The third-order valence-electron chi connectivity index (χ3n) is 2.91. The number of aromatic amines is 1. The summed E-state index contributed by atoms with van der Waals surface area (Å²) in [6.45, 7) is 4.22. The number of para-hydroxylation sites is 1. The van der Waals surface area contributed by atoms with Crippen molar-refractivity contribution in [2.24, 2.45) is 11.0 Å². The molecule has 1 aromatic carbocycles. The average molecular weight is 274 g/mol. The summed E-state index contributed by atoms with van der Waals surface area (Å²) in [6.07, 6.45) is 3.05. The van der Waals surface area contributed by atoms with Crippen LogP contribution in [0.5, 0.6) is 5.75 Å². The minimum Gasteiger partial charge on any atom is -0.507 e. The first kappa shape index (κ1) is 14.0. The van der Waals surface area contributed by atoms with Gasteiger partial charge in [0.25, 0.3) is 0 Å². The number of aromatic nitrogens is 3. The van der Waals surface area contributed by atoms with E-state index in [0.29, 0.717) is 23.7 Å². The van der Waals surface area contributed by atoms with Gasteiger partial charge in [0, 0.05) is 12.0 Å². The number of nitrogens with zero attached hydrogens (tertiary/aromatic N) is 3. The van der Waals surface area contributed by atoms with Gasteiger partial charge >= 0.3 is 5.69 Å². The minimum atomic E-state index is -0.379. The molecule has 0 aliphatic rings. The number of rotatable bonds is 5. The maximum atomic E-state index is 11.7. The van der Waals surface area contributed by atoms with Gasteiger partial charge in [0.05, 0.1) is 6.21 Å². The molecule has 0 radical (unpaired) electrons. The summed E-state index contributed by atoms with van der Waals surface area (Å²) < 4.78 is 1.23. The molecule has 106 valence electrons. The molecule has 1 aromatic heterocycles. The molecular formula is C14H18N4O2. The minimum absolute atomic E-state index is 0.122. The van der Waals surface area contributed by atoms with Crippen LogP contribution in [0.1, 0.15) is 31.7 Å². The Morgan fingerprint density at radius 1 is 1.45 bits per heavy atom. The van der Waals surface area contributed by atoms with Crippen molar-refractivity contribution < 1.29 is 5.11 Å². The van der Waals surface area contributed by atoms with Gasteiger partial charge in [-0.1, -0.05) is 26.0 Å². The summed E-state index contributed by atoms with van der Waals surface area (Å²) in [7, 11) is 0. The van der Waals surface area contributed by atoms with Gasteiger partial charge < -0.3 is 5.11 Å². The maximum absolute atomic E-state index is 11.7. The molecule has 0 atom stereocenters. The van der Waals surface area contributed by atoms with Crippen LogP contribution < -0.4 is 5.69 Å². The Morgan fingerprint density at radius 3 is 2.90 bits per heavy atom. The monoisotopic (exact) mass is 274 g/mol. The van der Waals surface area contributed by atoms with Crippen LogP contribution in [0, 0.1) is 5.92 Å². The van der Waals surface area contributed by atoms with Gasteiger partial charge in [0.1, 0.15) is 5.75 Å². The number of phenolic OH excluding ortho intramolecular Hbond substituents is 1. The topological polar surface area (TPSA) is 83.3 Å². The molecular weight excluding hydrogens is 256 g/mol. The Balaban J connectivity index is 2.23. The van der Waals surface area contributed by atoms with Crippen molar-refractivity contribution in [2.75, 3.05) is 0 Å². The summed E-state index contributed by atoms with van der Waals surface area (Å²) in [5.74, 6) is 1.24. The SMILES string of the molecule is CC(C)CCc1n[nH]c(=O)n1/N=C/c1ccccc1O. The molecule has 0 unspecified atom stereocenters. The molecule has 0 fully saturated rings. The third kappa shape index (κ3) is 3.34. The molecule has 2 N–H and O–H groups in total. The summed E-state index contributed by atoms with van der Waals surface area (Å²) in [5, 5.41) is 20.1. The summed E-state index contributed by atoms with van der Waals surface area (Å²) in [5.41, 5.74) is 0.172. The summed E-state index contributed by atoms with van der Waals surface area (Å²) in [4.78, 5) is 11.7. The van der Waals surface area contributed by atoms with Crippen molar-refractivity contribution in [2.45, 2.75) is 26.7 Å². The van der Waals surface area contributed by atoms with E-state index in [1.165, 1.54) is 10.9 Å². The van der Waals surface area contributed by atoms with E-state index in [0.717, 1.165) is 6.42 Å². The molecule has 6 heteroatoms. The molecule has 1 heterocycles. The smallest absolute Gasteiger partial charge is 0.364 e. The first-order chi connectivity index (χ1) is 9.58. The summed E-state index contributed by atoms with van der Waals surface area (Å²) >= 11 is 0. The lowest BCUT2D eigenvalue weighted by molar-refractivity contribution is 0.474. The second kappa shape index (κ2) is 6.18. The standard InChI is InChI=1S/C14H18N4O2/c1-10(2)7-8-13-16-17-14(20)18(13)15-9-11-5-3-4-6-12(11)19/h3-6,9-10,19H,7-8H2,1-2H3,(H,17,20)/b15-9+. The number of benzene rings is 1. The fourth-order valence-corrected chi connectivity index (χ4v) is 1.74. The van der Waals surface area contributed by atoms with Crippen LogP contribution in [0.4, 0.5) is 0 Å². The number of nitrogens with one attached hydrogen (secondary N) is 1. The van der Waals surface area contributed by atoms with Crippen molar-refractivity contribution in [3.63, 3.8) is 0 Å². The van der Waals surface area contributed by atoms with Gasteiger partial charge in [0.15, 0.2) is 5.82 Å². The zero-order valence-corrected chi connectivity index (χ0v) is 11.6. The van der Waals surface area contributed by atoms with Crippen LogP contribution in [0.3, 0.4) is 0 Å². The van der Waals surface area contributed by atoms with E-state index in [4.69, 9.17) is 0 Å². The number of aryl methyl sites for hydroxylation is 1. The van der Waals surface area contributed by atoms with Crippen LogP contribution in [0.2, 0.25) is 0 Å². The van der Waals surface area contributed by atoms with Crippen molar-refractivity contribution in [3.05, 3.63) is 46.1 Å². The average Bonchev–Trinajstić information content (AvgIpc) is 2.76. The van der Waals surface area contributed by atoms with E-state index < -0.39 is 0 Å². The number of hydrogen-bond donors (Lipinski definition) is 2. The van der Waals surface area contributed by atoms with Crippen LogP contribution >= 0.6 is 0 Å². The Bertz CT molecular complexity index is 655. The van der Waals surface area contributed by atoms with Gasteiger partial charge in [-0.3, -0.25) is 0 Å². The first-order valence-electron chi connectivity index (χ1n) is 6.56. The summed E-state index contributed by atoms with van der Waals surface area (Å²) in [6, 6.07) is 6.81. The highest BCUT2D eigenvalue weighted by atomic mass is 16.3. The molecule has 0 saturated heterocycles. The third-order valence-corrected chi connectivity index (χ3v) is 2.91. The van der Waals surface area contributed by atoms with Crippen molar-refractivity contribution in [1.82, 2.24) is 14.9 Å². The Hall–Kier alpha value is -2.37. The molecule has 2 aromatic rings. The quantitative estimate of drug-likeness (QED) is 0.815. The van der Waals surface area contributed by atoms with Crippen molar-refractivity contribution in [3.8, 4) is 5.75 Å². The molecule has 0 spiro atoms. The largest absolute Gasteiger partial charge is 0.507 e. The van der Waals surface area contributed by atoms with E-state index >= 15 is 0 Å². The molecule has 0 aliphatic heterocycles. The van der Waals surface area contributed by atoms with Crippen molar-refractivity contribution in [1.29, 1.82) is 0 Å². The van der Waals surface area contributed by atoms with E-state index in [9.17, 15) is 9.90 Å². The van der Waals surface area contributed by atoms with Gasteiger partial charge in [-0.15, -0.1) is 0 Å². The molecule has 20 heavy (non-hydrogen) atoms. The van der Waals surface area contributed by atoms with Crippen LogP contribution in [0.25, 0.3) is 0 Å². The van der Waals surface area contributed by atoms with Gasteiger partial charge in [-0.25, -0.2) is 9.89 Å². The molecule has 2 rings (SSSR count). The van der Waals surface area contributed by atoms with Crippen LogP contribution in [-0.4, -0.2) is 26.2 Å².